The Bertz CT molecular complexity index is 724. The fourth-order valence-electron chi connectivity index (χ4n) is 3.77. The summed E-state index contributed by atoms with van der Waals surface area (Å²) in [7, 11) is 1.96. The minimum Gasteiger partial charge on any atom is -0.357 e. The Morgan fingerprint density at radius 1 is 1.21 bits per heavy atom. The van der Waals surface area contributed by atoms with E-state index in [1.54, 1.807) is 0 Å². The molecule has 0 amide bonds. The Morgan fingerprint density at radius 2 is 2.07 bits per heavy atom. The van der Waals surface area contributed by atoms with Crippen LogP contribution in [0.25, 0.3) is 0 Å². The summed E-state index contributed by atoms with van der Waals surface area (Å²) >= 11 is 0. The molecule has 0 saturated carbocycles. The van der Waals surface area contributed by atoms with Gasteiger partial charge in [0.05, 0.1) is 12.7 Å². The van der Waals surface area contributed by atoms with Crippen LogP contribution in [0.15, 0.2) is 47.7 Å². The lowest BCUT2D eigenvalue weighted by Crippen LogP contribution is -2.39. The van der Waals surface area contributed by atoms with Crippen molar-refractivity contribution in [1.29, 1.82) is 0 Å². The zero-order valence-corrected chi connectivity index (χ0v) is 17.3. The van der Waals surface area contributed by atoms with Crippen LogP contribution < -0.4 is 10.6 Å². The normalized spacial score (nSPS) is 17.8. The molecule has 1 aromatic carbocycles. The van der Waals surface area contributed by atoms with Gasteiger partial charge < -0.3 is 10.6 Å². The minimum absolute atomic E-state index is 0.533. The molecule has 0 spiro atoms. The van der Waals surface area contributed by atoms with Crippen LogP contribution in [0.2, 0.25) is 0 Å². The second-order valence-corrected chi connectivity index (χ2v) is 7.52. The van der Waals surface area contributed by atoms with Crippen molar-refractivity contribution in [2.75, 3.05) is 26.2 Å². The summed E-state index contributed by atoms with van der Waals surface area (Å²) in [6.45, 7) is 6.96. The van der Waals surface area contributed by atoms with Gasteiger partial charge in [-0.3, -0.25) is 14.6 Å². The fourth-order valence-corrected chi connectivity index (χ4v) is 3.77. The molecular formula is C22H34N6. The number of rotatable bonds is 9. The maximum absolute atomic E-state index is 4.87. The molecule has 6 nitrogen and oxygen atoms in total. The summed E-state index contributed by atoms with van der Waals surface area (Å²) in [4.78, 5) is 7.45. The molecule has 1 saturated heterocycles. The number of aryl methyl sites for hydroxylation is 2. The topological polar surface area (TPSA) is 57.5 Å². The van der Waals surface area contributed by atoms with E-state index in [-0.39, 0.29) is 0 Å². The van der Waals surface area contributed by atoms with Gasteiger partial charge in [-0.1, -0.05) is 30.3 Å². The number of likely N-dealkylation sites (tertiary alicyclic amines) is 1. The van der Waals surface area contributed by atoms with Gasteiger partial charge in [0.2, 0.25) is 0 Å². The minimum atomic E-state index is 0.533. The van der Waals surface area contributed by atoms with Crippen molar-refractivity contribution >= 4 is 5.96 Å². The number of hydrogen-bond donors (Lipinski definition) is 2. The van der Waals surface area contributed by atoms with E-state index in [1.807, 2.05) is 17.9 Å². The van der Waals surface area contributed by atoms with E-state index in [1.165, 1.54) is 30.5 Å². The van der Waals surface area contributed by atoms with Gasteiger partial charge in [0, 0.05) is 38.9 Å². The quantitative estimate of drug-likeness (QED) is 0.398. The molecule has 2 aromatic rings. The van der Waals surface area contributed by atoms with Gasteiger partial charge in [0.25, 0.3) is 0 Å². The monoisotopic (exact) mass is 382 g/mol. The molecule has 1 aliphatic rings. The zero-order chi connectivity index (χ0) is 19.6. The average Bonchev–Trinajstić information content (AvgIpc) is 3.32. The van der Waals surface area contributed by atoms with E-state index < -0.39 is 0 Å². The van der Waals surface area contributed by atoms with E-state index in [4.69, 9.17) is 4.99 Å². The predicted octanol–water partition coefficient (Wildman–Crippen LogP) is 2.57. The smallest absolute Gasteiger partial charge is 0.191 e. The Kier molecular flexibility index (Phi) is 7.91. The Balaban J connectivity index is 1.45. The van der Waals surface area contributed by atoms with Crippen LogP contribution in [0, 0.1) is 0 Å². The lowest BCUT2D eigenvalue weighted by Gasteiger charge is -2.23. The molecule has 6 heteroatoms. The second-order valence-electron chi connectivity index (χ2n) is 7.52. The summed E-state index contributed by atoms with van der Waals surface area (Å²) in [6, 6.07) is 11.3. The molecule has 1 fully saturated rings. The maximum atomic E-state index is 4.87. The van der Waals surface area contributed by atoms with E-state index in [0.29, 0.717) is 6.04 Å². The van der Waals surface area contributed by atoms with Crippen LogP contribution in [-0.4, -0.2) is 52.9 Å². The molecule has 1 aromatic heterocycles. The first-order valence-corrected chi connectivity index (χ1v) is 10.5. The van der Waals surface area contributed by atoms with Crippen LogP contribution in [0.3, 0.4) is 0 Å². The SMILES string of the molecule is CCNC(=NCC1CCCN1Cc1ccccc1)NCCCc1cnn(C)c1. The molecular weight excluding hydrogens is 348 g/mol. The summed E-state index contributed by atoms with van der Waals surface area (Å²) < 4.78 is 1.86. The molecule has 152 valence electrons. The molecule has 2 N–H and O–H groups in total. The Hall–Kier alpha value is -2.34. The number of nitrogens with one attached hydrogen (secondary N) is 2. The van der Waals surface area contributed by atoms with Gasteiger partial charge in [-0.25, -0.2) is 0 Å². The molecule has 2 heterocycles. The lowest BCUT2D eigenvalue weighted by molar-refractivity contribution is 0.250. The Morgan fingerprint density at radius 3 is 2.82 bits per heavy atom. The van der Waals surface area contributed by atoms with Crippen LogP contribution in [0.4, 0.5) is 0 Å². The van der Waals surface area contributed by atoms with Crippen molar-refractivity contribution < 1.29 is 0 Å². The standard InChI is InChI=1S/C22H34N6/c1-3-23-22(24-13-7-11-20-15-26-27(2)17-20)25-16-21-12-8-14-28(21)18-19-9-5-4-6-10-19/h4-6,9-10,15,17,21H,3,7-8,11-14,16,18H2,1-2H3,(H2,23,24,25). The molecule has 28 heavy (non-hydrogen) atoms. The van der Waals surface area contributed by atoms with E-state index in [0.717, 1.165) is 45.0 Å². The van der Waals surface area contributed by atoms with E-state index in [2.05, 4.69) is 64.1 Å². The number of nitrogens with zero attached hydrogens (tertiary/aromatic N) is 4. The van der Waals surface area contributed by atoms with Crippen molar-refractivity contribution in [3.63, 3.8) is 0 Å². The van der Waals surface area contributed by atoms with Gasteiger partial charge in [-0.05, 0) is 50.3 Å². The lowest BCUT2D eigenvalue weighted by atomic mass is 10.2. The van der Waals surface area contributed by atoms with E-state index in [9.17, 15) is 0 Å². The summed E-state index contributed by atoms with van der Waals surface area (Å²) in [6.07, 6.45) is 8.63. The molecule has 0 aliphatic carbocycles. The average molecular weight is 383 g/mol. The highest BCUT2D eigenvalue weighted by atomic mass is 15.2. The second kappa shape index (κ2) is 10.9. The summed E-state index contributed by atoms with van der Waals surface area (Å²) in [5, 5.41) is 11.1. The van der Waals surface area contributed by atoms with Crippen LogP contribution in [0.5, 0.6) is 0 Å². The third-order valence-corrected chi connectivity index (χ3v) is 5.22. The number of aromatic nitrogens is 2. The van der Waals surface area contributed by atoms with Crippen molar-refractivity contribution in [2.24, 2.45) is 12.0 Å². The van der Waals surface area contributed by atoms with Gasteiger partial charge in [0.15, 0.2) is 5.96 Å². The first-order valence-electron chi connectivity index (χ1n) is 10.5. The first kappa shape index (κ1) is 20.4. The molecule has 0 bridgehead atoms. The van der Waals surface area contributed by atoms with Crippen molar-refractivity contribution in [2.45, 2.75) is 45.2 Å². The van der Waals surface area contributed by atoms with Crippen LogP contribution in [0.1, 0.15) is 37.3 Å². The molecule has 1 aliphatic heterocycles. The van der Waals surface area contributed by atoms with Crippen molar-refractivity contribution in [3.8, 4) is 0 Å². The fraction of sp³-hybridized carbons (Fsp3) is 0.545. The summed E-state index contributed by atoms with van der Waals surface area (Å²) in [5.41, 5.74) is 2.67. The Labute approximate surface area is 169 Å². The molecule has 0 radical (unpaired) electrons. The number of aliphatic imine (C=N–C) groups is 1. The summed E-state index contributed by atoms with van der Waals surface area (Å²) in [5.74, 6) is 0.931. The van der Waals surface area contributed by atoms with Gasteiger partial charge in [-0.2, -0.15) is 5.10 Å². The number of hydrogen-bond acceptors (Lipinski definition) is 3. The van der Waals surface area contributed by atoms with Crippen molar-refractivity contribution in [3.05, 3.63) is 53.9 Å². The highest BCUT2D eigenvalue weighted by Crippen LogP contribution is 2.20. The van der Waals surface area contributed by atoms with E-state index >= 15 is 0 Å². The molecule has 1 atom stereocenters. The highest BCUT2D eigenvalue weighted by Gasteiger charge is 2.24. The van der Waals surface area contributed by atoms with Gasteiger partial charge in [-0.15, -0.1) is 0 Å². The molecule has 1 unspecified atom stereocenters. The molecule has 3 rings (SSSR count). The highest BCUT2D eigenvalue weighted by molar-refractivity contribution is 5.79. The number of benzene rings is 1. The first-order chi connectivity index (χ1) is 13.7. The van der Waals surface area contributed by atoms with Gasteiger partial charge in [0.1, 0.15) is 0 Å². The third-order valence-electron chi connectivity index (χ3n) is 5.22. The third kappa shape index (κ3) is 6.37. The van der Waals surface area contributed by atoms with Crippen LogP contribution in [-0.2, 0) is 20.0 Å². The number of guanidine groups is 1. The maximum Gasteiger partial charge on any atom is 0.191 e. The van der Waals surface area contributed by atoms with Crippen LogP contribution >= 0.6 is 0 Å². The predicted molar refractivity (Wildman–Crippen MR) is 115 cm³/mol. The van der Waals surface area contributed by atoms with Crippen molar-refractivity contribution in [1.82, 2.24) is 25.3 Å². The zero-order valence-electron chi connectivity index (χ0n) is 17.3. The van der Waals surface area contributed by atoms with Gasteiger partial charge >= 0.3 is 0 Å². The largest absolute Gasteiger partial charge is 0.357 e.